The highest BCUT2D eigenvalue weighted by atomic mass is 32.1. The lowest BCUT2D eigenvalue weighted by molar-refractivity contribution is -0.385. The number of urea groups is 1. The molecule has 2 amide bonds. The third kappa shape index (κ3) is 5.52. The predicted octanol–water partition coefficient (Wildman–Crippen LogP) is 5.51. The molecule has 4 aromatic rings. The van der Waals surface area contributed by atoms with Crippen LogP contribution in [0.4, 0.5) is 20.6 Å². The van der Waals surface area contributed by atoms with Crippen LogP contribution in [0.2, 0.25) is 0 Å². The number of hydrogen-bond donors (Lipinski definition) is 1. The Morgan fingerprint density at radius 1 is 1.00 bits per heavy atom. The van der Waals surface area contributed by atoms with Crippen LogP contribution in [0.1, 0.15) is 17.8 Å². The molecule has 0 aliphatic carbocycles. The maximum Gasteiger partial charge on any atom is 0.322 e. The van der Waals surface area contributed by atoms with Crippen molar-refractivity contribution in [2.24, 2.45) is 0 Å². The van der Waals surface area contributed by atoms with Crippen molar-refractivity contribution in [1.29, 1.82) is 0 Å². The van der Waals surface area contributed by atoms with Gasteiger partial charge in [0.15, 0.2) is 0 Å². The van der Waals surface area contributed by atoms with Gasteiger partial charge in [-0.2, -0.15) is 4.37 Å². The Bertz CT molecular complexity index is 1360. The van der Waals surface area contributed by atoms with E-state index >= 15 is 0 Å². The van der Waals surface area contributed by atoms with Crippen molar-refractivity contribution < 1.29 is 9.72 Å². The molecule has 184 valence electrons. The standard InChI is InChI=1S/C25H24N6O3S2/c32-24(27-23-12-11-21(35-23)18-7-2-1-3-8-18)29-13-6-14-30(16-15-29)25-26-22(28-36-25)17-19-9-4-5-10-20(19)31(33)34/h1-5,7-12H,6,13-17H2,(H,27,32). The van der Waals surface area contributed by atoms with E-state index < -0.39 is 0 Å². The summed E-state index contributed by atoms with van der Waals surface area (Å²) >= 11 is 2.85. The number of nitrogens with zero attached hydrogens (tertiary/aromatic N) is 5. The first-order chi connectivity index (χ1) is 17.6. The van der Waals surface area contributed by atoms with Gasteiger partial charge >= 0.3 is 6.03 Å². The van der Waals surface area contributed by atoms with Crippen LogP contribution < -0.4 is 10.2 Å². The smallest absolute Gasteiger partial charge is 0.322 e. The zero-order chi connectivity index (χ0) is 24.9. The lowest BCUT2D eigenvalue weighted by atomic mass is 10.1. The van der Waals surface area contributed by atoms with Crippen molar-refractivity contribution in [2.75, 3.05) is 36.4 Å². The summed E-state index contributed by atoms with van der Waals surface area (Å²) in [5.74, 6) is 0.565. The fraction of sp³-hybridized carbons (Fsp3) is 0.240. The highest BCUT2D eigenvalue weighted by molar-refractivity contribution is 7.19. The Morgan fingerprint density at radius 3 is 2.64 bits per heavy atom. The van der Waals surface area contributed by atoms with E-state index in [1.807, 2.05) is 35.2 Å². The number of thiophene rings is 1. The number of para-hydroxylation sites is 1. The molecule has 3 heterocycles. The van der Waals surface area contributed by atoms with Crippen LogP contribution in [-0.2, 0) is 6.42 Å². The number of amides is 2. The first-order valence-corrected chi connectivity index (χ1v) is 13.2. The van der Waals surface area contributed by atoms with Crippen molar-refractivity contribution in [3.63, 3.8) is 0 Å². The average molecular weight is 521 g/mol. The summed E-state index contributed by atoms with van der Waals surface area (Å²) < 4.78 is 4.43. The molecule has 1 saturated heterocycles. The van der Waals surface area contributed by atoms with Gasteiger partial charge in [-0.15, -0.1) is 11.3 Å². The molecule has 5 rings (SSSR count). The average Bonchev–Trinajstić information content (AvgIpc) is 3.48. The van der Waals surface area contributed by atoms with Gasteiger partial charge in [-0.3, -0.25) is 15.4 Å². The number of anilines is 2. The molecule has 1 fully saturated rings. The van der Waals surface area contributed by atoms with Crippen LogP contribution in [0, 0.1) is 10.1 Å². The SMILES string of the molecule is O=C(Nc1ccc(-c2ccccc2)s1)N1CCCN(c2nc(Cc3ccccc3[N+](=O)[O-])ns2)CC1. The van der Waals surface area contributed by atoms with Crippen molar-refractivity contribution in [3.05, 3.63) is 88.2 Å². The number of carbonyl (C=O) groups excluding carboxylic acids is 1. The molecule has 0 atom stereocenters. The largest absolute Gasteiger partial charge is 0.345 e. The normalized spacial score (nSPS) is 13.9. The highest BCUT2D eigenvalue weighted by Gasteiger charge is 2.22. The molecule has 0 saturated carbocycles. The van der Waals surface area contributed by atoms with Crippen LogP contribution >= 0.6 is 22.9 Å². The summed E-state index contributed by atoms with van der Waals surface area (Å²) in [6, 6.07) is 20.6. The van der Waals surface area contributed by atoms with Gasteiger partial charge < -0.3 is 9.80 Å². The molecule has 1 N–H and O–H groups in total. The van der Waals surface area contributed by atoms with Gasteiger partial charge in [0.25, 0.3) is 5.69 Å². The topological polar surface area (TPSA) is 105 Å². The van der Waals surface area contributed by atoms with Gasteiger partial charge in [-0.25, -0.2) is 9.78 Å². The number of nitro benzene ring substituents is 1. The minimum atomic E-state index is -0.379. The number of benzene rings is 2. The monoisotopic (exact) mass is 520 g/mol. The predicted molar refractivity (Wildman–Crippen MR) is 143 cm³/mol. The van der Waals surface area contributed by atoms with E-state index in [2.05, 4.69) is 31.7 Å². The second kappa shape index (κ2) is 10.8. The fourth-order valence-electron chi connectivity index (χ4n) is 4.11. The number of carbonyl (C=O) groups is 1. The molecule has 0 radical (unpaired) electrons. The van der Waals surface area contributed by atoms with Gasteiger partial charge in [0.05, 0.1) is 9.92 Å². The van der Waals surface area contributed by atoms with Gasteiger partial charge in [-0.05, 0) is 24.1 Å². The third-order valence-corrected chi connectivity index (χ3v) is 7.81. The molecule has 2 aromatic heterocycles. The van der Waals surface area contributed by atoms with Gasteiger partial charge in [0.1, 0.15) is 5.82 Å². The van der Waals surface area contributed by atoms with E-state index in [4.69, 9.17) is 0 Å². The lowest BCUT2D eigenvalue weighted by Gasteiger charge is -2.21. The van der Waals surface area contributed by atoms with E-state index in [0.29, 0.717) is 37.4 Å². The minimum Gasteiger partial charge on any atom is -0.345 e. The summed E-state index contributed by atoms with van der Waals surface area (Å²) in [6.07, 6.45) is 1.12. The number of aromatic nitrogens is 2. The van der Waals surface area contributed by atoms with Crippen molar-refractivity contribution in [2.45, 2.75) is 12.8 Å². The quantitative estimate of drug-likeness (QED) is 0.266. The molecule has 0 bridgehead atoms. The van der Waals surface area contributed by atoms with Crippen molar-refractivity contribution in [1.82, 2.24) is 14.3 Å². The van der Waals surface area contributed by atoms with Crippen LogP contribution in [-0.4, -0.2) is 51.4 Å². The number of rotatable bonds is 6. The summed E-state index contributed by atoms with van der Waals surface area (Å²) in [5.41, 5.74) is 1.80. The van der Waals surface area contributed by atoms with Gasteiger partial charge in [-0.1, -0.05) is 48.5 Å². The maximum atomic E-state index is 12.9. The fourth-order valence-corrected chi connectivity index (χ4v) is 5.75. The number of nitro groups is 1. The molecular weight excluding hydrogens is 496 g/mol. The Kier molecular flexibility index (Phi) is 7.19. The Hall–Kier alpha value is -3.83. The Labute approximate surface area is 216 Å². The Balaban J connectivity index is 1.18. The van der Waals surface area contributed by atoms with Crippen molar-refractivity contribution >= 4 is 44.7 Å². The molecule has 9 nitrogen and oxygen atoms in total. The molecule has 11 heteroatoms. The molecule has 0 unspecified atom stereocenters. The lowest BCUT2D eigenvalue weighted by Crippen LogP contribution is -2.37. The molecule has 2 aromatic carbocycles. The minimum absolute atomic E-state index is 0.0758. The zero-order valence-corrected chi connectivity index (χ0v) is 21.0. The third-order valence-electron chi connectivity index (χ3n) is 5.94. The highest BCUT2D eigenvalue weighted by Crippen LogP contribution is 2.31. The molecular formula is C25H24N6O3S2. The van der Waals surface area contributed by atoms with E-state index in [1.54, 1.807) is 29.5 Å². The first-order valence-electron chi connectivity index (χ1n) is 11.6. The number of nitrogens with one attached hydrogen (secondary N) is 1. The van der Waals surface area contributed by atoms with Gasteiger partial charge in [0, 0.05) is 60.6 Å². The second-order valence-corrected chi connectivity index (χ2v) is 10.2. The summed E-state index contributed by atoms with van der Waals surface area (Å²) in [6.45, 7) is 2.64. The zero-order valence-electron chi connectivity index (χ0n) is 19.4. The first kappa shape index (κ1) is 23.9. The molecule has 36 heavy (non-hydrogen) atoms. The summed E-state index contributed by atoms with van der Waals surface area (Å²) in [5, 5.41) is 15.9. The van der Waals surface area contributed by atoms with E-state index in [9.17, 15) is 14.9 Å². The van der Waals surface area contributed by atoms with E-state index in [-0.39, 0.29) is 16.6 Å². The van der Waals surface area contributed by atoms with E-state index in [0.717, 1.165) is 33.5 Å². The molecule has 0 spiro atoms. The second-order valence-electron chi connectivity index (χ2n) is 8.34. The van der Waals surface area contributed by atoms with E-state index in [1.165, 1.54) is 17.6 Å². The number of hydrogen-bond acceptors (Lipinski definition) is 8. The summed E-state index contributed by atoms with van der Waals surface area (Å²) in [7, 11) is 0. The van der Waals surface area contributed by atoms with Crippen LogP contribution in [0.25, 0.3) is 10.4 Å². The van der Waals surface area contributed by atoms with Crippen molar-refractivity contribution in [3.8, 4) is 10.4 Å². The van der Waals surface area contributed by atoms with Crippen LogP contribution in [0.3, 0.4) is 0 Å². The Morgan fingerprint density at radius 2 is 1.81 bits per heavy atom. The molecule has 1 aliphatic heterocycles. The maximum absolute atomic E-state index is 12.9. The summed E-state index contributed by atoms with van der Waals surface area (Å²) in [4.78, 5) is 33.5. The molecule has 1 aliphatic rings. The van der Waals surface area contributed by atoms with Crippen LogP contribution in [0.15, 0.2) is 66.7 Å². The van der Waals surface area contributed by atoms with Gasteiger partial charge in [0.2, 0.25) is 5.13 Å². The van der Waals surface area contributed by atoms with Crippen LogP contribution in [0.5, 0.6) is 0 Å².